The van der Waals surface area contributed by atoms with Crippen LogP contribution in [0.5, 0.6) is 28.7 Å². The van der Waals surface area contributed by atoms with E-state index in [0.717, 1.165) is 39.1 Å². The molecule has 0 amide bonds. The van der Waals surface area contributed by atoms with Crippen LogP contribution in [0.3, 0.4) is 0 Å². The lowest BCUT2D eigenvalue weighted by Gasteiger charge is -2.30. The Morgan fingerprint density at radius 2 is 1.14 bits per heavy atom. The number of ether oxygens (including phenoxy) is 1. The summed E-state index contributed by atoms with van der Waals surface area (Å²) in [4.78, 5) is 1.89. The third-order valence-electron chi connectivity index (χ3n) is 6.57. The number of phenolic OH excluding ortho intramolecular Hbond substituents is 3. The highest BCUT2D eigenvalue weighted by atomic mass is 16.5. The number of aromatic hydroxyl groups is 3. The summed E-state index contributed by atoms with van der Waals surface area (Å²) in [5.41, 5.74) is 6.75. The predicted molar refractivity (Wildman–Crippen MR) is 141 cm³/mol. The van der Waals surface area contributed by atoms with Crippen molar-refractivity contribution in [3.63, 3.8) is 0 Å². The summed E-state index contributed by atoms with van der Waals surface area (Å²) >= 11 is 0. The quantitative estimate of drug-likeness (QED) is 0.277. The van der Waals surface area contributed by atoms with E-state index in [-0.39, 0.29) is 17.2 Å². The fourth-order valence-electron chi connectivity index (χ4n) is 4.20. The molecular formula is C30H31NO4. The molecule has 5 heteroatoms. The molecule has 0 heterocycles. The number of aryl methyl sites for hydroxylation is 4. The zero-order valence-corrected chi connectivity index (χ0v) is 21.0. The Morgan fingerprint density at radius 3 is 1.71 bits per heavy atom. The third-order valence-corrected chi connectivity index (χ3v) is 6.57. The van der Waals surface area contributed by atoms with Crippen LogP contribution in [-0.4, -0.2) is 15.3 Å². The van der Waals surface area contributed by atoms with E-state index < -0.39 is 0 Å². The standard InChI is InChI=1S/C30H31NO4/c1-17-10-12-19(3)29(33)27(17)31(28-18(2)11-13-20(4)30(28)34)23-8-7-9-24(16-23)35-26-15-14-25(32)21(5)22(26)6/h7-16,32-34H,1-6H3. The summed E-state index contributed by atoms with van der Waals surface area (Å²) in [7, 11) is 0. The van der Waals surface area contributed by atoms with Gasteiger partial charge in [0.1, 0.15) is 28.7 Å². The number of hydrogen-bond acceptors (Lipinski definition) is 5. The van der Waals surface area contributed by atoms with Crippen molar-refractivity contribution in [1.82, 2.24) is 0 Å². The summed E-state index contributed by atoms with van der Waals surface area (Å²) in [6, 6.07) is 18.6. The van der Waals surface area contributed by atoms with Crippen LogP contribution in [0.25, 0.3) is 0 Å². The van der Waals surface area contributed by atoms with Crippen molar-refractivity contribution >= 4 is 17.1 Å². The van der Waals surface area contributed by atoms with Crippen molar-refractivity contribution in [3.8, 4) is 28.7 Å². The Morgan fingerprint density at radius 1 is 0.600 bits per heavy atom. The molecule has 5 nitrogen and oxygen atoms in total. The summed E-state index contributed by atoms with van der Waals surface area (Å²) in [6.07, 6.45) is 0. The molecule has 0 saturated heterocycles. The first-order valence-corrected chi connectivity index (χ1v) is 11.6. The maximum absolute atomic E-state index is 11.1. The number of anilines is 3. The molecule has 4 aromatic carbocycles. The van der Waals surface area contributed by atoms with E-state index in [1.54, 1.807) is 12.1 Å². The van der Waals surface area contributed by atoms with Crippen LogP contribution >= 0.6 is 0 Å². The summed E-state index contributed by atoms with van der Waals surface area (Å²) in [5, 5.41) is 32.3. The Kier molecular flexibility index (Phi) is 6.35. The molecule has 4 rings (SSSR count). The van der Waals surface area contributed by atoms with Gasteiger partial charge in [0.2, 0.25) is 0 Å². The molecule has 0 unspecified atom stereocenters. The fourth-order valence-corrected chi connectivity index (χ4v) is 4.20. The van der Waals surface area contributed by atoms with Crippen molar-refractivity contribution in [2.45, 2.75) is 41.5 Å². The van der Waals surface area contributed by atoms with E-state index >= 15 is 0 Å². The average molecular weight is 470 g/mol. The Bertz CT molecular complexity index is 1370. The lowest BCUT2D eigenvalue weighted by Crippen LogP contribution is -2.14. The van der Waals surface area contributed by atoms with Crippen LogP contribution in [0.15, 0.2) is 60.7 Å². The fraction of sp³-hybridized carbons (Fsp3) is 0.200. The summed E-state index contributed by atoms with van der Waals surface area (Å²) in [5.74, 6) is 1.78. The molecular weight excluding hydrogens is 438 g/mol. The molecule has 0 atom stereocenters. The SMILES string of the molecule is Cc1ccc(C)c(N(c2cccc(Oc3ccc(O)c(C)c3C)c2)c2c(C)ccc(C)c2O)c1O. The average Bonchev–Trinajstić information content (AvgIpc) is 2.83. The van der Waals surface area contributed by atoms with E-state index in [0.29, 0.717) is 22.9 Å². The second-order valence-corrected chi connectivity index (χ2v) is 9.06. The first-order chi connectivity index (χ1) is 16.6. The van der Waals surface area contributed by atoms with Gasteiger partial charge >= 0.3 is 0 Å². The van der Waals surface area contributed by atoms with Gasteiger partial charge in [-0.15, -0.1) is 0 Å². The van der Waals surface area contributed by atoms with Crippen LogP contribution in [0.1, 0.15) is 33.4 Å². The largest absolute Gasteiger partial charge is 0.508 e. The van der Waals surface area contributed by atoms with Gasteiger partial charge in [-0.1, -0.05) is 30.3 Å². The number of nitrogens with zero attached hydrogens (tertiary/aromatic N) is 1. The maximum atomic E-state index is 11.1. The summed E-state index contributed by atoms with van der Waals surface area (Å²) < 4.78 is 6.21. The van der Waals surface area contributed by atoms with Gasteiger partial charge in [-0.3, -0.25) is 0 Å². The van der Waals surface area contributed by atoms with Gasteiger partial charge < -0.3 is 25.0 Å². The highest BCUT2D eigenvalue weighted by molar-refractivity contribution is 5.87. The van der Waals surface area contributed by atoms with Gasteiger partial charge in [0.05, 0.1) is 17.1 Å². The minimum absolute atomic E-state index is 0.154. The number of benzene rings is 4. The Hall–Kier alpha value is -4.12. The van der Waals surface area contributed by atoms with Gasteiger partial charge in [-0.25, -0.2) is 0 Å². The van der Waals surface area contributed by atoms with Gasteiger partial charge in [-0.05, 0) is 99.2 Å². The van der Waals surface area contributed by atoms with Crippen LogP contribution < -0.4 is 9.64 Å². The molecule has 0 aliphatic carbocycles. The van der Waals surface area contributed by atoms with Gasteiger partial charge in [0.15, 0.2) is 0 Å². The van der Waals surface area contributed by atoms with Crippen LogP contribution in [0.2, 0.25) is 0 Å². The molecule has 0 bridgehead atoms. The molecule has 0 aliphatic rings. The second-order valence-electron chi connectivity index (χ2n) is 9.06. The molecule has 180 valence electrons. The van der Waals surface area contributed by atoms with Crippen LogP contribution in [0.4, 0.5) is 17.1 Å². The highest BCUT2D eigenvalue weighted by Crippen LogP contribution is 2.49. The number of rotatable bonds is 5. The molecule has 0 radical (unpaired) electrons. The van der Waals surface area contributed by atoms with Crippen LogP contribution in [-0.2, 0) is 0 Å². The molecule has 35 heavy (non-hydrogen) atoms. The van der Waals surface area contributed by atoms with Crippen molar-refractivity contribution < 1.29 is 20.1 Å². The minimum atomic E-state index is 0.154. The molecule has 0 saturated carbocycles. The Labute approximate surface area is 206 Å². The highest BCUT2D eigenvalue weighted by Gasteiger charge is 2.25. The first kappa shape index (κ1) is 24.0. The monoisotopic (exact) mass is 469 g/mol. The smallest absolute Gasteiger partial charge is 0.142 e. The van der Waals surface area contributed by atoms with Crippen molar-refractivity contribution in [1.29, 1.82) is 0 Å². The van der Waals surface area contributed by atoms with E-state index in [1.807, 2.05) is 95.0 Å². The number of hydrogen-bond donors (Lipinski definition) is 3. The molecule has 0 spiro atoms. The van der Waals surface area contributed by atoms with Crippen molar-refractivity contribution in [2.24, 2.45) is 0 Å². The van der Waals surface area contributed by atoms with Crippen LogP contribution in [0, 0.1) is 41.5 Å². The van der Waals surface area contributed by atoms with E-state index in [4.69, 9.17) is 4.74 Å². The van der Waals surface area contributed by atoms with Crippen molar-refractivity contribution in [2.75, 3.05) is 4.90 Å². The van der Waals surface area contributed by atoms with Gasteiger partial charge in [0, 0.05) is 6.07 Å². The minimum Gasteiger partial charge on any atom is -0.508 e. The normalized spacial score (nSPS) is 10.9. The molecule has 0 fully saturated rings. The van der Waals surface area contributed by atoms with E-state index in [1.165, 1.54) is 0 Å². The number of phenols is 3. The van der Waals surface area contributed by atoms with Gasteiger partial charge in [-0.2, -0.15) is 0 Å². The topological polar surface area (TPSA) is 73.2 Å². The van der Waals surface area contributed by atoms with E-state index in [2.05, 4.69) is 0 Å². The second kappa shape index (κ2) is 9.26. The predicted octanol–water partition coefficient (Wildman–Crippen LogP) is 7.92. The lowest BCUT2D eigenvalue weighted by atomic mass is 10.0. The molecule has 0 aliphatic heterocycles. The molecule has 0 aromatic heterocycles. The first-order valence-electron chi connectivity index (χ1n) is 11.6. The van der Waals surface area contributed by atoms with Crippen molar-refractivity contribution in [3.05, 3.63) is 94.0 Å². The molecule has 3 N–H and O–H groups in total. The van der Waals surface area contributed by atoms with E-state index in [9.17, 15) is 15.3 Å². The zero-order chi connectivity index (χ0) is 25.4. The third kappa shape index (κ3) is 4.37. The summed E-state index contributed by atoms with van der Waals surface area (Å²) in [6.45, 7) is 11.3. The Balaban J connectivity index is 1.92. The molecule has 4 aromatic rings. The van der Waals surface area contributed by atoms with Gasteiger partial charge in [0.25, 0.3) is 0 Å². The maximum Gasteiger partial charge on any atom is 0.142 e. The zero-order valence-electron chi connectivity index (χ0n) is 21.0. The lowest BCUT2D eigenvalue weighted by molar-refractivity contribution is 0.457.